The summed E-state index contributed by atoms with van der Waals surface area (Å²) in [6.45, 7) is 5.59. The Morgan fingerprint density at radius 1 is 1.20 bits per heavy atom. The molecule has 1 saturated heterocycles. The number of halogens is 3. The lowest BCUT2D eigenvalue weighted by molar-refractivity contribution is -0.0436. The van der Waals surface area contributed by atoms with E-state index in [1.54, 1.807) is 12.1 Å². The molecule has 11 heteroatoms. The molecule has 2 aromatic rings. The molecule has 1 amide bonds. The second kappa shape index (κ2) is 7.55. The third kappa shape index (κ3) is 4.26. The molecule has 0 radical (unpaired) electrons. The first-order chi connectivity index (χ1) is 13.8. The number of primary amides is 1. The number of pyridine rings is 1. The van der Waals surface area contributed by atoms with Gasteiger partial charge in [0.25, 0.3) is 15.7 Å². The second-order valence-electron chi connectivity index (χ2n) is 7.71. The first-order valence-electron chi connectivity index (χ1n) is 8.97. The molecule has 1 aliphatic rings. The highest BCUT2D eigenvalue weighted by Gasteiger charge is 2.47. The van der Waals surface area contributed by atoms with Crippen molar-refractivity contribution < 1.29 is 26.4 Å². The predicted octanol–water partition coefficient (Wildman–Crippen LogP) is 2.53. The van der Waals surface area contributed by atoms with Gasteiger partial charge in [-0.2, -0.15) is 13.2 Å². The molecule has 3 rings (SSSR count). The lowest BCUT2D eigenvalue weighted by atomic mass is 10.0. The van der Waals surface area contributed by atoms with E-state index in [1.165, 1.54) is 18.3 Å². The average molecular weight is 442 g/mol. The van der Waals surface area contributed by atoms with E-state index >= 15 is 0 Å². The van der Waals surface area contributed by atoms with Gasteiger partial charge in [0.15, 0.2) is 0 Å². The zero-order chi connectivity index (χ0) is 22.3. The molecule has 0 unspecified atom stereocenters. The summed E-state index contributed by atoms with van der Waals surface area (Å²) in [5, 5.41) is 0. The van der Waals surface area contributed by atoms with E-state index in [2.05, 4.69) is 9.88 Å². The van der Waals surface area contributed by atoms with E-state index in [9.17, 15) is 26.4 Å². The van der Waals surface area contributed by atoms with Crippen LogP contribution in [0.5, 0.6) is 0 Å². The summed E-state index contributed by atoms with van der Waals surface area (Å²) >= 11 is 0. The summed E-state index contributed by atoms with van der Waals surface area (Å²) in [5.41, 5.74) is 1.28. The monoisotopic (exact) mass is 442 g/mol. The van der Waals surface area contributed by atoms with Gasteiger partial charge in [-0.15, -0.1) is 0 Å². The molecule has 30 heavy (non-hydrogen) atoms. The standard InChI is InChI=1S/C19H21F3N4O3S/c1-18(2)11-25(12-26(18)10-13-7-8-24-16(9-13)17(23)27)14-3-5-15(6-4-14)30(28,29)19(20,21)22/h3-9H,10-12H2,1-2H3,(H2,23,27). The van der Waals surface area contributed by atoms with Crippen LogP contribution in [0.2, 0.25) is 0 Å². The van der Waals surface area contributed by atoms with Crippen molar-refractivity contribution >= 4 is 21.4 Å². The van der Waals surface area contributed by atoms with E-state index < -0.39 is 26.1 Å². The van der Waals surface area contributed by atoms with Crippen molar-refractivity contribution in [3.8, 4) is 0 Å². The molecule has 0 spiro atoms. The van der Waals surface area contributed by atoms with E-state index in [-0.39, 0.29) is 11.2 Å². The summed E-state index contributed by atoms with van der Waals surface area (Å²) < 4.78 is 61.2. The Balaban J connectivity index is 1.78. The largest absolute Gasteiger partial charge is 0.501 e. The molecule has 2 heterocycles. The zero-order valence-electron chi connectivity index (χ0n) is 16.3. The van der Waals surface area contributed by atoms with Gasteiger partial charge in [-0.05, 0) is 55.8 Å². The molecule has 0 atom stereocenters. The quantitative estimate of drug-likeness (QED) is 0.765. The molecular formula is C19H21F3N4O3S. The summed E-state index contributed by atoms with van der Waals surface area (Å²) in [5.74, 6) is -0.618. The number of benzene rings is 1. The van der Waals surface area contributed by atoms with Crippen LogP contribution in [-0.4, -0.2) is 48.5 Å². The van der Waals surface area contributed by atoms with Crippen LogP contribution in [0, 0.1) is 0 Å². The maximum absolute atomic E-state index is 12.7. The Bertz CT molecular complexity index is 1050. The lowest BCUT2D eigenvalue weighted by Gasteiger charge is -2.29. The Morgan fingerprint density at radius 2 is 1.83 bits per heavy atom. The minimum absolute atomic E-state index is 0.169. The number of nitrogens with two attached hydrogens (primary N) is 1. The van der Waals surface area contributed by atoms with Gasteiger partial charge in [-0.3, -0.25) is 14.7 Å². The van der Waals surface area contributed by atoms with E-state index in [0.29, 0.717) is 25.4 Å². The molecule has 0 bridgehead atoms. The number of aromatic nitrogens is 1. The molecule has 2 N–H and O–H groups in total. The molecule has 1 aromatic heterocycles. The molecule has 1 aliphatic heterocycles. The lowest BCUT2D eigenvalue weighted by Crippen LogP contribution is -2.39. The van der Waals surface area contributed by atoms with Crippen molar-refractivity contribution in [2.75, 3.05) is 18.1 Å². The van der Waals surface area contributed by atoms with E-state index in [4.69, 9.17) is 5.73 Å². The highest BCUT2D eigenvalue weighted by molar-refractivity contribution is 7.92. The van der Waals surface area contributed by atoms with Crippen molar-refractivity contribution in [1.82, 2.24) is 9.88 Å². The first-order valence-corrected chi connectivity index (χ1v) is 10.5. The fourth-order valence-corrected chi connectivity index (χ4v) is 4.11. The molecule has 1 aromatic carbocycles. The van der Waals surface area contributed by atoms with Crippen molar-refractivity contribution in [2.45, 2.75) is 36.3 Å². The number of nitrogens with zero attached hydrogens (tertiary/aromatic N) is 3. The number of amides is 1. The number of hydrogen-bond donors (Lipinski definition) is 1. The van der Waals surface area contributed by atoms with Crippen LogP contribution >= 0.6 is 0 Å². The number of alkyl halides is 3. The molecule has 162 valence electrons. The Hall–Kier alpha value is -2.66. The van der Waals surface area contributed by atoms with Gasteiger partial charge in [0.2, 0.25) is 0 Å². The number of sulfone groups is 1. The number of rotatable bonds is 5. The van der Waals surface area contributed by atoms with Crippen LogP contribution < -0.4 is 10.6 Å². The summed E-state index contributed by atoms with van der Waals surface area (Å²) in [7, 11) is -5.37. The molecule has 7 nitrogen and oxygen atoms in total. The van der Waals surface area contributed by atoms with Gasteiger partial charge in [-0.1, -0.05) is 0 Å². The maximum atomic E-state index is 12.7. The zero-order valence-corrected chi connectivity index (χ0v) is 17.2. The Kier molecular flexibility index (Phi) is 5.54. The fourth-order valence-electron chi connectivity index (χ4n) is 3.35. The Morgan fingerprint density at radius 3 is 2.40 bits per heavy atom. The number of anilines is 1. The molecular weight excluding hydrogens is 421 g/mol. The third-order valence-corrected chi connectivity index (χ3v) is 6.54. The normalized spacial score (nSPS) is 17.3. The van der Waals surface area contributed by atoms with E-state index in [1.807, 2.05) is 18.7 Å². The summed E-state index contributed by atoms with van der Waals surface area (Å²) in [6, 6.07) is 8.08. The van der Waals surface area contributed by atoms with Crippen LogP contribution in [0.4, 0.5) is 18.9 Å². The van der Waals surface area contributed by atoms with Gasteiger partial charge in [0.1, 0.15) is 5.69 Å². The van der Waals surface area contributed by atoms with Crippen molar-refractivity contribution in [2.24, 2.45) is 5.73 Å². The highest BCUT2D eigenvalue weighted by Crippen LogP contribution is 2.33. The average Bonchev–Trinajstić information content (AvgIpc) is 2.95. The second-order valence-corrected chi connectivity index (χ2v) is 9.65. The molecule has 0 saturated carbocycles. The van der Waals surface area contributed by atoms with Crippen LogP contribution in [-0.2, 0) is 16.4 Å². The van der Waals surface area contributed by atoms with Crippen molar-refractivity contribution in [3.05, 3.63) is 53.9 Å². The van der Waals surface area contributed by atoms with Gasteiger partial charge < -0.3 is 10.6 Å². The van der Waals surface area contributed by atoms with Gasteiger partial charge in [0.05, 0.1) is 11.6 Å². The maximum Gasteiger partial charge on any atom is 0.501 e. The third-order valence-electron chi connectivity index (χ3n) is 5.04. The van der Waals surface area contributed by atoms with Gasteiger partial charge in [0, 0.05) is 30.5 Å². The first kappa shape index (κ1) is 22.0. The van der Waals surface area contributed by atoms with Crippen molar-refractivity contribution in [3.63, 3.8) is 0 Å². The number of hydrogen-bond acceptors (Lipinski definition) is 6. The minimum Gasteiger partial charge on any atom is -0.364 e. The van der Waals surface area contributed by atoms with Gasteiger partial charge in [-0.25, -0.2) is 8.42 Å². The SMILES string of the molecule is CC1(C)CN(c2ccc(S(=O)(=O)C(F)(F)F)cc2)CN1Cc1ccnc(C(N)=O)c1. The molecule has 1 fully saturated rings. The van der Waals surface area contributed by atoms with Crippen LogP contribution in [0.3, 0.4) is 0 Å². The predicted molar refractivity (Wildman–Crippen MR) is 104 cm³/mol. The topological polar surface area (TPSA) is 96.6 Å². The minimum atomic E-state index is -5.37. The van der Waals surface area contributed by atoms with Crippen molar-refractivity contribution in [1.29, 1.82) is 0 Å². The Labute approximate surface area is 172 Å². The van der Waals surface area contributed by atoms with E-state index in [0.717, 1.165) is 17.7 Å². The highest BCUT2D eigenvalue weighted by atomic mass is 32.2. The van der Waals surface area contributed by atoms with Crippen LogP contribution in [0.25, 0.3) is 0 Å². The smallest absolute Gasteiger partial charge is 0.364 e. The van der Waals surface area contributed by atoms with Gasteiger partial charge >= 0.3 is 5.51 Å². The number of carbonyl (C=O) groups excluding carboxylic acids is 1. The number of carbonyl (C=O) groups is 1. The molecule has 0 aliphatic carbocycles. The summed E-state index contributed by atoms with van der Waals surface area (Å²) in [6.07, 6.45) is 1.51. The van der Waals surface area contributed by atoms with Crippen LogP contribution in [0.1, 0.15) is 29.9 Å². The van der Waals surface area contributed by atoms with Crippen LogP contribution in [0.15, 0.2) is 47.5 Å². The summed E-state index contributed by atoms with van der Waals surface area (Å²) in [4.78, 5) is 18.6. The fraction of sp³-hybridized carbons (Fsp3) is 0.368.